The third-order valence-electron chi connectivity index (χ3n) is 4.57. The summed E-state index contributed by atoms with van der Waals surface area (Å²) < 4.78 is 0. The van der Waals surface area contributed by atoms with Gasteiger partial charge < -0.3 is 10.0 Å². The Hall–Kier alpha value is -2.43. The molecule has 0 spiro atoms. The van der Waals surface area contributed by atoms with Gasteiger partial charge in [-0.15, -0.1) is 0 Å². The molecule has 1 aliphatic rings. The number of benzene rings is 1. The van der Waals surface area contributed by atoms with Gasteiger partial charge in [0.1, 0.15) is 5.78 Å². The summed E-state index contributed by atoms with van der Waals surface area (Å²) in [5.74, 6) is -0.487. The van der Waals surface area contributed by atoms with Crippen LogP contribution >= 0.6 is 0 Å². The quantitative estimate of drug-likeness (QED) is 0.612. The summed E-state index contributed by atoms with van der Waals surface area (Å²) in [7, 11) is 0. The minimum absolute atomic E-state index is 0.122. The SMILES string of the molecule is O=C(O)CCCCCCN1C(=O)CCC1=CCC(=O)Cc1ccccc1. The topological polar surface area (TPSA) is 74.7 Å². The van der Waals surface area contributed by atoms with Crippen molar-refractivity contribution in [3.05, 3.63) is 47.7 Å². The van der Waals surface area contributed by atoms with E-state index in [1.165, 1.54) is 0 Å². The number of nitrogens with zero attached hydrogens (tertiary/aromatic N) is 1. The van der Waals surface area contributed by atoms with Crippen LogP contribution in [0.4, 0.5) is 0 Å². The summed E-state index contributed by atoms with van der Waals surface area (Å²) in [5, 5.41) is 8.62. The van der Waals surface area contributed by atoms with Crippen molar-refractivity contribution in [1.82, 2.24) is 4.90 Å². The Morgan fingerprint density at radius 1 is 1.04 bits per heavy atom. The Kier molecular flexibility index (Phi) is 8.06. The highest BCUT2D eigenvalue weighted by Crippen LogP contribution is 2.24. The van der Waals surface area contributed by atoms with Crippen LogP contribution in [0.3, 0.4) is 0 Å². The van der Waals surface area contributed by atoms with Crippen LogP contribution in [0.1, 0.15) is 56.9 Å². The number of ketones is 1. The van der Waals surface area contributed by atoms with Crippen LogP contribution < -0.4 is 0 Å². The molecule has 0 atom stereocenters. The largest absolute Gasteiger partial charge is 0.481 e. The van der Waals surface area contributed by atoms with Gasteiger partial charge >= 0.3 is 5.97 Å². The van der Waals surface area contributed by atoms with Crippen LogP contribution in [0.25, 0.3) is 0 Å². The van der Waals surface area contributed by atoms with Gasteiger partial charge in [-0.2, -0.15) is 0 Å². The van der Waals surface area contributed by atoms with Gasteiger partial charge in [-0.3, -0.25) is 14.4 Å². The molecule has 1 aromatic rings. The molecular formula is C21H27NO4. The van der Waals surface area contributed by atoms with Gasteiger partial charge in [0.05, 0.1) is 0 Å². The van der Waals surface area contributed by atoms with E-state index in [9.17, 15) is 14.4 Å². The number of hydrogen-bond acceptors (Lipinski definition) is 3. The molecule has 0 saturated carbocycles. The maximum absolute atomic E-state index is 12.1. The Labute approximate surface area is 154 Å². The molecule has 1 N–H and O–H groups in total. The number of likely N-dealkylation sites (tertiary alicyclic amines) is 1. The second-order valence-corrected chi connectivity index (χ2v) is 6.70. The molecule has 0 radical (unpaired) electrons. The monoisotopic (exact) mass is 357 g/mol. The zero-order valence-electron chi connectivity index (χ0n) is 15.2. The van der Waals surface area contributed by atoms with Crippen LogP contribution in [0, 0.1) is 0 Å². The second-order valence-electron chi connectivity index (χ2n) is 6.70. The summed E-state index contributed by atoms with van der Waals surface area (Å²) in [6, 6.07) is 9.67. The van der Waals surface area contributed by atoms with Crippen molar-refractivity contribution in [1.29, 1.82) is 0 Å². The minimum atomic E-state index is -0.759. The first-order valence-corrected chi connectivity index (χ1v) is 9.33. The highest BCUT2D eigenvalue weighted by Gasteiger charge is 2.24. The van der Waals surface area contributed by atoms with Crippen molar-refractivity contribution in [2.24, 2.45) is 0 Å². The molecule has 0 bridgehead atoms. The van der Waals surface area contributed by atoms with E-state index in [2.05, 4.69) is 0 Å². The lowest BCUT2D eigenvalue weighted by Gasteiger charge is -2.18. The number of allylic oxidation sites excluding steroid dienone is 2. The van der Waals surface area contributed by atoms with Crippen LogP contribution in [-0.2, 0) is 20.8 Å². The number of Topliss-reactive ketones (excluding diaryl/α,β-unsaturated/α-hetero) is 1. The highest BCUT2D eigenvalue weighted by atomic mass is 16.4. The van der Waals surface area contributed by atoms with Crippen LogP contribution in [0.15, 0.2) is 42.1 Å². The standard InChI is InChI=1S/C21H27NO4/c23-19(16-17-8-4-3-5-9-17)13-11-18-12-14-20(24)22(18)15-7-2-1-6-10-21(25)26/h3-5,8-9,11H,1-2,6-7,10,12-16H2,(H,25,26). The smallest absolute Gasteiger partial charge is 0.303 e. The predicted molar refractivity (Wildman–Crippen MR) is 99.5 cm³/mol. The van der Waals surface area contributed by atoms with Crippen LogP contribution in [-0.4, -0.2) is 34.2 Å². The molecule has 0 unspecified atom stereocenters. The first-order chi connectivity index (χ1) is 12.6. The third kappa shape index (κ3) is 6.82. The molecule has 0 aromatic heterocycles. The number of unbranched alkanes of at least 4 members (excludes halogenated alkanes) is 3. The van der Waals surface area contributed by atoms with Crippen molar-refractivity contribution < 1.29 is 19.5 Å². The molecule has 1 aromatic carbocycles. The Balaban J connectivity index is 1.75. The average molecular weight is 357 g/mol. The lowest BCUT2D eigenvalue weighted by atomic mass is 10.1. The van der Waals surface area contributed by atoms with Gasteiger partial charge in [0.25, 0.3) is 0 Å². The zero-order chi connectivity index (χ0) is 18.8. The fourth-order valence-electron chi connectivity index (χ4n) is 3.17. The zero-order valence-corrected chi connectivity index (χ0v) is 15.2. The summed E-state index contributed by atoms with van der Waals surface area (Å²) in [5.41, 5.74) is 1.97. The fraction of sp³-hybridized carbons (Fsp3) is 0.476. The predicted octanol–water partition coefficient (Wildman–Crippen LogP) is 3.73. The minimum Gasteiger partial charge on any atom is -0.481 e. The fourth-order valence-corrected chi connectivity index (χ4v) is 3.17. The van der Waals surface area contributed by atoms with Crippen LogP contribution in [0.2, 0.25) is 0 Å². The molecule has 2 rings (SSSR count). The summed E-state index contributed by atoms with van der Waals surface area (Å²) in [6.45, 7) is 0.657. The number of amides is 1. The van der Waals surface area contributed by atoms with Crippen molar-refractivity contribution in [3.63, 3.8) is 0 Å². The molecule has 1 fully saturated rings. The number of rotatable bonds is 11. The van der Waals surface area contributed by atoms with Crippen molar-refractivity contribution in [2.45, 2.75) is 57.8 Å². The number of aliphatic carboxylic acids is 1. The average Bonchev–Trinajstić information content (AvgIpc) is 2.97. The first kappa shape index (κ1) is 19.9. The van der Waals surface area contributed by atoms with Gasteiger partial charge in [0.2, 0.25) is 5.91 Å². The Morgan fingerprint density at radius 3 is 2.50 bits per heavy atom. The van der Waals surface area contributed by atoms with Crippen LogP contribution in [0.5, 0.6) is 0 Å². The van der Waals surface area contributed by atoms with E-state index in [1.54, 1.807) is 4.90 Å². The van der Waals surface area contributed by atoms with Gasteiger partial charge in [-0.1, -0.05) is 49.2 Å². The molecular weight excluding hydrogens is 330 g/mol. The van der Waals surface area contributed by atoms with E-state index in [-0.39, 0.29) is 18.1 Å². The van der Waals surface area contributed by atoms with Gasteiger partial charge in [-0.05, 0) is 24.8 Å². The Morgan fingerprint density at radius 2 is 1.77 bits per heavy atom. The van der Waals surface area contributed by atoms with Crippen molar-refractivity contribution in [3.8, 4) is 0 Å². The lowest BCUT2D eigenvalue weighted by molar-refractivity contribution is -0.137. The normalized spacial score (nSPS) is 15.6. The number of carboxylic acids is 1. The van der Waals surface area contributed by atoms with E-state index in [0.717, 1.165) is 30.5 Å². The Bertz CT molecular complexity index is 651. The number of carbonyl (C=O) groups is 3. The highest BCUT2D eigenvalue weighted by molar-refractivity contribution is 5.84. The van der Waals surface area contributed by atoms with E-state index in [0.29, 0.717) is 38.6 Å². The number of carbonyl (C=O) groups excluding carboxylic acids is 2. The van der Waals surface area contributed by atoms with Gasteiger partial charge in [0.15, 0.2) is 0 Å². The number of hydrogen-bond donors (Lipinski definition) is 1. The van der Waals surface area contributed by atoms with Crippen molar-refractivity contribution in [2.75, 3.05) is 6.54 Å². The molecule has 1 saturated heterocycles. The lowest BCUT2D eigenvalue weighted by Crippen LogP contribution is -2.24. The maximum atomic E-state index is 12.1. The van der Waals surface area contributed by atoms with E-state index in [1.807, 2.05) is 36.4 Å². The van der Waals surface area contributed by atoms with Gasteiger partial charge in [0, 0.05) is 37.9 Å². The first-order valence-electron chi connectivity index (χ1n) is 9.33. The van der Waals surface area contributed by atoms with E-state index >= 15 is 0 Å². The summed E-state index contributed by atoms with van der Waals surface area (Å²) >= 11 is 0. The molecule has 0 aliphatic carbocycles. The second kappa shape index (κ2) is 10.5. The van der Waals surface area contributed by atoms with Gasteiger partial charge in [-0.25, -0.2) is 0 Å². The summed E-state index contributed by atoms with van der Waals surface area (Å²) in [4.78, 5) is 36.5. The molecule has 140 valence electrons. The molecule has 5 heteroatoms. The molecule has 5 nitrogen and oxygen atoms in total. The third-order valence-corrected chi connectivity index (χ3v) is 4.57. The molecule has 1 amide bonds. The molecule has 1 aliphatic heterocycles. The summed E-state index contributed by atoms with van der Waals surface area (Å²) in [6.07, 6.45) is 7.42. The number of carboxylic acid groups (broad SMARTS) is 1. The van der Waals surface area contributed by atoms with E-state index in [4.69, 9.17) is 5.11 Å². The van der Waals surface area contributed by atoms with Crippen molar-refractivity contribution >= 4 is 17.7 Å². The molecule has 1 heterocycles. The maximum Gasteiger partial charge on any atom is 0.303 e. The van der Waals surface area contributed by atoms with E-state index < -0.39 is 5.97 Å². The molecule has 26 heavy (non-hydrogen) atoms.